The summed E-state index contributed by atoms with van der Waals surface area (Å²) in [4.78, 5) is 2.52. The fourth-order valence-electron chi connectivity index (χ4n) is 10.7. The summed E-state index contributed by atoms with van der Waals surface area (Å²) in [7, 11) is 0. The van der Waals surface area contributed by atoms with Gasteiger partial charge in [-0.2, -0.15) is 0 Å². The smallest absolute Gasteiger partial charge is 0.0562 e. The van der Waals surface area contributed by atoms with E-state index in [4.69, 9.17) is 0 Å². The van der Waals surface area contributed by atoms with E-state index >= 15 is 0 Å². The van der Waals surface area contributed by atoms with Gasteiger partial charge in [0, 0.05) is 44.2 Å². The molecule has 0 unspecified atom stereocenters. The lowest BCUT2D eigenvalue weighted by Crippen LogP contribution is -2.12. The van der Waals surface area contributed by atoms with Crippen LogP contribution in [0.3, 0.4) is 0 Å². The highest BCUT2D eigenvalue weighted by Crippen LogP contribution is 2.51. The van der Waals surface area contributed by atoms with E-state index in [-0.39, 0.29) is 0 Å². The highest BCUT2D eigenvalue weighted by Gasteiger charge is 2.26. The van der Waals surface area contributed by atoms with Gasteiger partial charge in [0.15, 0.2) is 0 Å². The molecule has 2 heterocycles. The number of aromatic nitrogens is 2. The Balaban J connectivity index is 1.10. The molecule has 13 aromatic rings. The van der Waals surface area contributed by atoms with Crippen molar-refractivity contribution in [1.82, 2.24) is 9.13 Å². The molecule has 0 N–H and O–H groups in total. The van der Waals surface area contributed by atoms with Crippen LogP contribution in [-0.4, -0.2) is 9.13 Å². The van der Waals surface area contributed by atoms with Crippen molar-refractivity contribution in [3.63, 3.8) is 0 Å². The summed E-state index contributed by atoms with van der Waals surface area (Å²) in [6.07, 6.45) is 0. The van der Waals surface area contributed by atoms with Crippen LogP contribution >= 0.6 is 0 Å². The molecule has 0 spiro atoms. The Morgan fingerprint density at radius 1 is 0.261 bits per heavy atom. The molecule has 69 heavy (non-hydrogen) atoms. The van der Waals surface area contributed by atoms with E-state index in [1.54, 1.807) is 0 Å². The zero-order chi connectivity index (χ0) is 45.7. The maximum atomic E-state index is 2.52. The summed E-state index contributed by atoms with van der Waals surface area (Å²) in [5.74, 6) is 0. The molecule has 0 bridgehead atoms. The number of para-hydroxylation sites is 4. The first-order valence-electron chi connectivity index (χ1n) is 23.7. The van der Waals surface area contributed by atoms with Crippen molar-refractivity contribution in [2.45, 2.75) is 0 Å². The van der Waals surface area contributed by atoms with Gasteiger partial charge in [-0.05, 0) is 118 Å². The molecule has 0 radical (unpaired) electrons. The monoisotopic (exact) mass is 879 g/mol. The van der Waals surface area contributed by atoms with Crippen LogP contribution in [0.25, 0.3) is 99.5 Å². The van der Waals surface area contributed by atoms with Gasteiger partial charge in [0.25, 0.3) is 0 Å². The van der Waals surface area contributed by atoms with Gasteiger partial charge in [-0.1, -0.05) is 194 Å². The second-order valence-corrected chi connectivity index (χ2v) is 17.6. The molecular formula is C66H45N3. The molecule has 3 nitrogen and oxygen atoms in total. The molecule has 0 aliphatic rings. The van der Waals surface area contributed by atoms with Crippen molar-refractivity contribution in [1.29, 1.82) is 0 Å². The summed E-state index contributed by atoms with van der Waals surface area (Å²) < 4.78 is 4.80. The second-order valence-electron chi connectivity index (χ2n) is 17.6. The maximum Gasteiger partial charge on any atom is 0.0562 e. The van der Waals surface area contributed by atoms with Crippen molar-refractivity contribution < 1.29 is 0 Å². The summed E-state index contributed by atoms with van der Waals surface area (Å²) in [6.45, 7) is 0. The first-order valence-corrected chi connectivity index (χ1v) is 23.7. The number of anilines is 3. The third-order valence-corrected chi connectivity index (χ3v) is 13.7. The third-order valence-electron chi connectivity index (χ3n) is 13.7. The lowest BCUT2D eigenvalue weighted by Gasteiger charge is -2.31. The van der Waals surface area contributed by atoms with Crippen LogP contribution in [0.15, 0.2) is 273 Å². The Morgan fingerprint density at radius 3 is 1.43 bits per heavy atom. The summed E-state index contributed by atoms with van der Waals surface area (Å²) in [5, 5.41) is 4.84. The van der Waals surface area contributed by atoms with Gasteiger partial charge in [0.2, 0.25) is 0 Å². The van der Waals surface area contributed by atoms with E-state index in [0.717, 1.165) is 67.3 Å². The van der Waals surface area contributed by atoms with Crippen molar-refractivity contribution in [3.05, 3.63) is 273 Å². The minimum atomic E-state index is 1.06. The molecule has 0 atom stereocenters. The number of hydrogen-bond acceptors (Lipinski definition) is 1. The largest absolute Gasteiger partial charge is 0.309 e. The minimum absolute atomic E-state index is 1.06. The second kappa shape index (κ2) is 16.9. The molecule has 0 aliphatic carbocycles. The van der Waals surface area contributed by atoms with Gasteiger partial charge in [-0.3, -0.25) is 0 Å². The maximum absolute atomic E-state index is 2.52. The van der Waals surface area contributed by atoms with E-state index in [9.17, 15) is 0 Å². The molecule has 3 heteroatoms. The highest BCUT2D eigenvalue weighted by atomic mass is 15.2. The highest BCUT2D eigenvalue weighted by molar-refractivity contribution is 6.18. The zero-order valence-electron chi connectivity index (χ0n) is 37.8. The Morgan fingerprint density at radius 2 is 0.725 bits per heavy atom. The van der Waals surface area contributed by atoms with E-state index in [1.165, 1.54) is 49.3 Å². The zero-order valence-corrected chi connectivity index (χ0v) is 37.8. The van der Waals surface area contributed by atoms with Crippen LogP contribution in [0.4, 0.5) is 17.1 Å². The van der Waals surface area contributed by atoms with E-state index < -0.39 is 0 Å². The molecule has 0 saturated heterocycles. The Labute approximate surface area is 401 Å². The van der Waals surface area contributed by atoms with E-state index in [2.05, 4.69) is 287 Å². The Bertz CT molecular complexity index is 4000. The molecule has 0 aliphatic heterocycles. The van der Waals surface area contributed by atoms with Gasteiger partial charge in [0.05, 0.1) is 33.4 Å². The van der Waals surface area contributed by atoms with Crippen LogP contribution in [0.5, 0.6) is 0 Å². The summed E-state index contributed by atoms with van der Waals surface area (Å²) in [6, 6.07) is 99.3. The number of hydrogen-bond donors (Lipinski definition) is 0. The average molecular weight is 880 g/mol. The SMILES string of the molecule is c1ccc(-c2ccccc2-c2c(-c3ccccc3)cccc2N(c2cccc(-c3ccc4c(c3)c3ccccc3n4-c3ccccc3)c2)c2cccc3c2c2ccccc2n3-c2ccccc2)cc1. The molecule has 13 rings (SSSR count). The van der Waals surface area contributed by atoms with E-state index in [0.29, 0.717) is 0 Å². The van der Waals surface area contributed by atoms with E-state index in [1.807, 2.05) is 0 Å². The topological polar surface area (TPSA) is 13.1 Å². The van der Waals surface area contributed by atoms with Crippen LogP contribution in [0.1, 0.15) is 0 Å². The first kappa shape index (κ1) is 40.1. The molecule has 0 saturated carbocycles. The Kier molecular flexibility index (Phi) is 9.84. The fraction of sp³-hybridized carbons (Fsp3) is 0. The molecule has 324 valence electrons. The predicted molar refractivity (Wildman–Crippen MR) is 292 cm³/mol. The normalized spacial score (nSPS) is 11.5. The van der Waals surface area contributed by atoms with Gasteiger partial charge >= 0.3 is 0 Å². The molecule has 11 aromatic carbocycles. The van der Waals surface area contributed by atoms with Crippen molar-refractivity contribution in [2.75, 3.05) is 4.90 Å². The number of rotatable bonds is 9. The van der Waals surface area contributed by atoms with Gasteiger partial charge in [-0.25, -0.2) is 0 Å². The van der Waals surface area contributed by atoms with Crippen LogP contribution in [0.2, 0.25) is 0 Å². The average Bonchev–Trinajstić information content (AvgIpc) is 3.95. The molecule has 0 fully saturated rings. The molecule has 2 aromatic heterocycles. The van der Waals surface area contributed by atoms with Gasteiger partial charge in [-0.15, -0.1) is 0 Å². The molecular weight excluding hydrogens is 835 g/mol. The van der Waals surface area contributed by atoms with Crippen molar-refractivity contribution >= 4 is 60.7 Å². The standard InChI is InChI=1S/C66H45N3/c1-5-22-46(23-6-1)53-32-13-14-34-56(53)65-54(47-24-7-2-8-25-47)36-20-39-62(65)69(64-41-21-40-63-66(64)57-35-16-18-38-60(57)68(63)51-29-11-4-12-30-51)52-31-19-26-48(44-52)49-42-43-61-58(45-49)55-33-15-17-37-59(55)67(61)50-27-9-3-10-28-50/h1-45H. The van der Waals surface area contributed by atoms with Crippen molar-refractivity contribution in [2.24, 2.45) is 0 Å². The fourth-order valence-corrected chi connectivity index (χ4v) is 10.7. The third kappa shape index (κ3) is 6.82. The number of fused-ring (bicyclic) bond motifs is 6. The lowest BCUT2D eigenvalue weighted by atomic mass is 9.87. The summed E-state index contributed by atoms with van der Waals surface area (Å²) >= 11 is 0. The van der Waals surface area contributed by atoms with Gasteiger partial charge in [0.1, 0.15) is 0 Å². The van der Waals surface area contributed by atoms with Gasteiger partial charge < -0.3 is 14.0 Å². The summed E-state index contributed by atoms with van der Waals surface area (Å²) in [5.41, 5.74) is 19.5. The minimum Gasteiger partial charge on any atom is -0.309 e. The van der Waals surface area contributed by atoms with Crippen molar-refractivity contribution in [3.8, 4) is 55.9 Å². The van der Waals surface area contributed by atoms with Crippen LogP contribution in [-0.2, 0) is 0 Å². The predicted octanol–water partition coefficient (Wildman–Crippen LogP) is 18.0. The van der Waals surface area contributed by atoms with Crippen LogP contribution < -0.4 is 4.90 Å². The number of benzene rings is 11. The Hall–Kier alpha value is -9.18. The quantitative estimate of drug-likeness (QED) is 0.141. The first-order chi connectivity index (χ1) is 34.3. The van der Waals surface area contributed by atoms with Crippen LogP contribution in [0, 0.1) is 0 Å². The molecule has 0 amide bonds. The number of nitrogens with zero attached hydrogens (tertiary/aromatic N) is 3. The lowest BCUT2D eigenvalue weighted by molar-refractivity contribution is 1.18.